The minimum Gasteiger partial charge on any atom is -0.384 e. The Morgan fingerprint density at radius 1 is 1.40 bits per heavy atom. The summed E-state index contributed by atoms with van der Waals surface area (Å²) >= 11 is 5.77. The first-order chi connectivity index (χ1) is 7.25. The molecular weight excluding hydrogens is 219 g/mol. The molecule has 2 nitrogen and oxygen atoms in total. The lowest BCUT2D eigenvalue weighted by Gasteiger charge is -2.04. The fourth-order valence-electron chi connectivity index (χ4n) is 0.981. The van der Waals surface area contributed by atoms with Gasteiger partial charge in [-0.2, -0.15) is 0 Å². The van der Waals surface area contributed by atoms with E-state index in [0.29, 0.717) is 10.6 Å². The van der Waals surface area contributed by atoms with Gasteiger partial charge < -0.3 is 9.84 Å². The topological polar surface area (TPSA) is 29.5 Å². The van der Waals surface area contributed by atoms with Crippen LogP contribution < -0.4 is 0 Å². The van der Waals surface area contributed by atoms with E-state index < -0.39 is 5.82 Å². The Balaban J connectivity index is 2.50. The van der Waals surface area contributed by atoms with E-state index in [2.05, 4.69) is 11.8 Å². The average molecular weight is 229 g/mol. The van der Waals surface area contributed by atoms with Gasteiger partial charge in [0.25, 0.3) is 0 Å². The Morgan fingerprint density at radius 2 is 2.20 bits per heavy atom. The molecular formula is C11H10ClFO2. The zero-order chi connectivity index (χ0) is 11.1. The van der Waals surface area contributed by atoms with Gasteiger partial charge in [-0.15, -0.1) is 0 Å². The van der Waals surface area contributed by atoms with E-state index in [0.717, 1.165) is 0 Å². The minimum atomic E-state index is -0.391. The van der Waals surface area contributed by atoms with Crippen molar-refractivity contribution in [1.29, 1.82) is 0 Å². The maximum absolute atomic E-state index is 13.2. The molecule has 4 heteroatoms. The fourth-order valence-corrected chi connectivity index (χ4v) is 1.20. The highest BCUT2D eigenvalue weighted by atomic mass is 35.5. The standard InChI is InChI=1S/C11H10ClFO2/c12-10-4-3-5-11(13)9(10)8-15-7-2-1-6-14/h3-5,14H,6-8H2. The van der Waals surface area contributed by atoms with Gasteiger partial charge in [0.2, 0.25) is 0 Å². The van der Waals surface area contributed by atoms with E-state index in [9.17, 15) is 4.39 Å². The second kappa shape index (κ2) is 6.41. The van der Waals surface area contributed by atoms with Gasteiger partial charge in [0.15, 0.2) is 0 Å². The van der Waals surface area contributed by atoms with E-state index in [1.54, 1.807) is 6.07 Å². The molecule has 80 valence electrons. The van der Waals surface area contributed by atoms with Crippen LogP contribution in [0.2, 0.25) is 5.02 Å². The van der Waals surface area contributed by atoms with E-state index >= 15 is 0 Å². The highest BCUT2D eigenvalue weighted by molar-refractivity contribution is 6.31. The van der Waals surface area contributed by atoms with E-state index in [4.69, 9.17) is 21.4 Å². The molecule has 0 atom stereocenters. The largest absolute Gasteiger partial charge is 0.384 e. The van der Waals surface area contributed by atoms with Crippen molar-refractivity contribution in [3.63, 3.8) is 0 Å². The van der Waals surface area contributed by atoms with Crippen LogP contribution in [0.25, 0.3) is 0 Å². The number of aliphatic hydroxyl groups excluding tert-OH is 1. The van der Waals surface area contributed by atoms with Crippen LogP contribution >= 0.6 is 11.6 Å². The number of rotatable bonds is 3. The molecule has 0 fully saturated rings. The first kappa shape index (κ1) is 12.0. The molecule has 1 aromatic rings. The predicted molar refractivity (Wildman–Crippen MR) is 55.9 cm³/mol. The lowest BCUT2D eigenvalue weighted by atomic mass is 10.2. The molecule has 0 aliphatic rings. The molecule has 0 aliphatic heterocycles. The van der Waals surface area contributed by atoms with Gasteiger partial charge in [-0.1, -0.05) is 29.5 Å². The number of hydrogen-bond acceptors (Lipinski definition) is 2. The normalized spacial score (nSPS) is 9.53. The maximum Gasteiger partial charge on any atom is 0.130 e. The van der Waals surface area contributed by atoms with Crippen molar-refractivity contribution < 1.29 is 14.2 Å². The summed E-state index contributed by atoms with van der Waals surface area (Å²) < 4.78 is 18.3. The third-order valence-corrected chi connectivity index (χ3v) is 2.04. The van der Waals surface area contributed by atoms with Crippen molar-refractivity contribution in [2.24, 2.45) is 0 Å². The number of aliphatic hydroxyl groups is 1. The Kier molecular flexibility index (Phi) is 5.13. The van der Waals surface area contributed by atoms with Gasteiger partial charge in [0.1, 0.15) is 19.0 Å². The van der Waals surface area contributed by atoms with Crippen molar-refractivity contribution in [3.8, 4) is 11.8 Å². The van der Waals surface area contributed by atoms with Gasteiger partial charge in [0, 0.05) is 10.6 Å². The number of halogens is 2. The molecule has 0 aromatic heterocycles. The average Bonchev–Trinajstić information content (AvgIpc) is 2.21. The predicted octanol–water partition coefficient (Wildman–Crippen LogP) is 1.99. The number of hydrogen-bond donors (Lipinski definition) is 1. The fraction of sp³-hybridized carbons (Fsp3) is 0.273. The maximum atomic E-state index is 13.2. The summed E-state index contributed by atoms with van der Waals surface area (Å²) in [6, 6.07) is 4.46. The molecule has 0 aliphatic carbocycles. The van der Waals surface area contributed by atoms with E-state index in [-0.39, 0.29) is 19.8 Å². The second-order valence-corrected chi connectivity index (χ2v) is 3.11. The molecule has 0 bridgehead atoms. The summed E-state index contributed by atoms with van der Waals surface area (Å²) in [5, 5.41) is 8.70. The quantitative estimate of drug-likeness (QED) is 0.633. The first-order valence-corrected chi connectivity index (χ1v) is 4.70. The van der Waals surface area contributed by atoms with Gasteiger partial charge in [0.05, 0.1) is 6.61 Å². The van der Waals surface area contributed by atoms with E-state index in [1.807, 2.05) is 0 Å². The summed E-state index contributed by atoms with van der Waals surface area (Å²) in [6.07, 6.45) is 0. The van der Waals surface area contributed by atoms with Crippen molar-refractivity contribution >= 4 is 11.6 Å². The highest BCUT2D eigenvalue weighted by Crippen LogP contribution is 2.19. The Hall–Kier alpha value is -1.08. The molecule has 0 saturated carbocycles. The van der Waals surface area contributed by atoms with Crippen LogP contribution in [-0.2, 0) is 11.3 Å². The van der Waals surface area contributed by atoms with E-state index in [1.165, 1.54) is 12.1 Å². The summed E-state index contributed by atoms with van der Waals surface area (Å²) in [5.74, 6) is 4.58. The van der Waals surface area contributed by atoms with Crippen LogP contribution in [0.1, 0.15) is 5.56 Å². The zero-order valence-corrected chi connectivity index (χ0v) is 8.72. The highest BCUT2D eigenvalue weighted by Gasteiger charge is 2.05. The van der Waals surface area contributed by atoms with Crippen LogP contribution in [-0.4, -0.2) is 18.3 Å². The molecule has 0 heterocycles. The summed E-state index contributed by atoms with van der Waals surface area (Å²) in [4.78, 5) is 0. The molecule has 0 radical (unpaired) electrons. The van der Waals surface area contributed by atoms with Crippen LogP contribution in [0.4, 0.5) is 4.39 Å². The molecule has 1 aromatic carbocycles. The lowest BCUT2D eigenvalue weighted by Crippen LogP contribution is -1.97. The van der Waals surface area contributed by atoms with Gasteiger partial charge >= 0.3 is 0 Å². The zero-order valence-electron chi connectivity index (χ0n) is 7.96. The summed E-state index contributed by atoms with van der Waals surface area (Å²) in [7, 11) is 0. The summed E-state index contributed by atoms with van der Waals surface area (Å²) in [5.41, 5.74) is 0.324. The second-order valence-electron chi connectivity index (χ2n) is 2.70. The third-order valence-electron chi connectivity index (χ3n) is 1.69. The Labute approximate surface area is 92.6 Å². The van der Waals surface area contributed by atoms with Gasteiger partial charge in [-0.25, -0.2) is 4.39 Å². The molecule has 1 N–H and O–H groups in total. The van der Waals surface area contributed by atoms with Crippen LogP contribution in [0.3, 0.4) is 0 Å². The number of benzene rings is 1. The van der Waals surface area contributed by atoms with Crippen LogP contribution in [0, 0.1) is 17.7 Å². The van der Waals surface area contributed by atoms with Crippen molar-refractivity contribution in [2.75, 3.05) is 13.2 Å². The van der Waals surface area contributed by atoms with Crippen molar-refractivity contribution in [3.05, 3.63) is 34.6 Å². The Bertz CT molecular complexity index is 362. The van der Waals surface area contributed by atoms with Crippen LogP contribution in [0.15, 0.2) is 18.2 Å². The molecule has 15 heavy (non-hydrogen) atoms. The SMILES string of the molecule is OCC#CCOCc1c(F)cccc1Cl. The Morgan fingerprint density at radius 3 is 2.87 bits per heavy atom. The monoisotopic (exact) mass is 228 g/mol. The lowest BCUT2D eigenvalue weighted by molar-refractivity contribution is 0.150. The van der Waals surface area contributed by atoms with Crippen molar-refractivity contribution in [2.45, 2.75) is 6.61 Å². The van der Waals surface area contributed by atoms with Gasteiger partial charge in [-0.05, 0) is 12.1 Å². The minimum absolute atomic E-state index is 0.0750. The third kappa shape index (κ3) is 3.88. The van der Waals surface area contributed by atoms with Gasteiger partial charge in [-0.3, -0.25) is 0 Å². The molecule has 1 rings (SSSR count). The molecule has 0 unspecified atom stereocenters. The smallest absolute Gasteiger partial charge is 0.130 e. The summed E-state index contributed by atoms with van der Waals surface area (Å²) in [6.45, 7) is 0.0145. The number of ether oxygens (including phenoxy) is 1. The molecule has 0 spiro atoms. The van der Waals surface area contributed by atoms with Crippen LogP contribution in [0.5, 0.6) is 0 Å². The first-order valence-electron chi connectivity index (χ1n) is 4.33. The molecule has 0 saturated heterocycles. The molecule has 0 amide bonds. The van der Waals surface area contributed by atoms with Crippen molar-refractivity contribution in [1.82, 2.24) is 0 Å².